The molecule has 1 saturated heterocycles. The van der Waals surface area contributed by atoms with Gasteiger partial charge in [-0.25, -0.2) is 9.97 Å². The number of aryl methyl sites for hydroxylation is 1. The summed E-state index contributed by atoms with van der Waals surface area (Å²) in [6.45, 7) is 8.66. The van der Waals surface area contributed by atoms with Crippen LogP contribution < -0.4 is 10.2 Å². The monoisotopic (exact) mass is 385 g/mol. The van der Waals surface area contributed by atoms with Crippen LogP contribution in [0.15, 0.2) is 35.5 Å². The van der Waals surface area contributed by atoms with E-state index in [1.165, 1.54) is 0 Å². The first-order valence-electron chi connectivity index (χ1n) is 9.34. The maximum Gasteiger partial charge on any atom is 0.251 e. The van der Waals surface area contributed by atoms with Crippen molar-refractivity contribution in [1.82, 2.24) is 20.2 Å². The molecule has 1 aromatic carbocycles. The highest BCUT2D eigenvalue weighted by molar-refractivity contribution is 7.98. The Morgan fingerprint density at radius 2 is 1.96 bits per heavy atom. The number of aromatic nitrogens is 2. The van der Waals surface area contributed by atoms with Crippen molar-refractivity contribution in [1.29, 1.82) is 0 Å². The third-order valence-electron chi connectivity index (χ3n) is 4.54. The highest BCUT2D eigenvalue weighted by Crippen LogP contribution is 2.23. The van der Waals surface area contributed by atoms with E-state index >= 15 is 0 Å². The van der Waals surface area contributed by atoms with Gasteiger partial charge in [-0.05, 0) is 38.6 Å². The number of benzene rings is 1. The molecule has 1 aliphatic rings. The fourth-order valence-electron chi connectivity index (χ4n) is 3.00. The minimum Gasteiger partial charge on any atom is -0.354 e. The van der Waals surface area contributed by atoms with Crippen molar-refractivity contribution in [2.75, 3.05) is 44.7 Å². The van der Waals surface area contributed by atoms with Crippen molar-refractivity contribution in [2.45, 2.75) is 24.8 Å². The first kappa shape index (κ1) is 19.6. The zero-order valence-corrected chi connectivity index (χ0v) is 17.1. The van der Waals surface area contributed by atoms with E-state index in [4.69, 9.17) is 4.98 Å². The van der Waals surface area contributed by atoms with Crippen LogP contribution in [-0.4, -0.2) is 60.5 Å². The SMILES string of the molecule is CCNC(=O)c1cccc(CSc2nc(C)cc(N3CCN(C)CC3)n2)c1. The maximum atomic E-state index is 12.0. The zero-order valence-electron chi connectivity index (χ0n) is 16.2. The Morgan fingerprint density at radius 1 is 1.19 bits per heavy atom. The van der Waals surface area contributed by atoms with Gasteiger partial charge in [0.05, 0.1) is 0 Å². The van der Waals surface area contributed by atoms with E-state index in [0.717, 1.165) is 54.2 Å². The molecule has 1 aromatic heterocycles. The van der Waals surface area contributed by atoms with E-state index < -0.39 is 0 Å². The Labute approximate surface area is 165 Å². The Bertz CT molecular complexity index is 790. The van der Waals surface area contributed by atoms with Crippen LogP contribution in [0.3, 0.4) is 0 Å². The molecule has 0 saturated carbocycles. The summed E-state index contributed by atoms with van der Waals surface area (Å²) in [5, 5.41) is 3.62. The van der Waals surface area contributed by atoms with Crippen LogP contribution in [0, 0.1) is 6.92 Å². The lowest BCUT2D eigenvalue weighted by Crippen LogP contribution is -2.44. The molecule has 0 atom stereocenters. The van der Waals surface area contributed by atoms with Crippen LogP contribution in [-0.2, 0) is 5.75 Å². The average Bonchev–Trinajstić information content (AvgIpc) is 2.67. The van der Waals surface area contributed by atoms with Crippen LogP contribution in [0.2, 0.25) is 0 Å². The summed E-state index contributed by atoms with van der Waals surface area (Å²) < 4.78 is 0. The summed E-state index contributed by atoms with van der Waals surface area (Å²) in [6.07, 6.45) is 0. The standard InChI is InChI=1S/C20H27N5OS/c1-4-21-19(26)17-7-5-6-16(13-17)14-27-20-22-15(2)12-18(23-20)25-10-8-24(3)9-11-25/h5-7,12-13H,4,8-11,14H2,1-3H3,(H,21,26). The van der Waals surface area contributed by atoms with Gasteiger partial charge in [0.25, 0.3) is 5.91 Å². The number of rotatable bonds is 6. The largest absolute Gasteiger partial charge is 0.354 e. The van der Waals surface area contributed by atoms with Gasteiger partial charge in [0.15, 0.2) is 5.16 Å². The predicted octanol–water partition coefficient (Wildman–Crippen LogP) is 2.58. The number of carbonyl (C=O) groups excluding carboxylic acids is 1. The molecule has 0 unspecified atom stereocenters. The second-order valence-corrected chi connectivity index (χ2v) is 7.73. The maximum absolute atomic E-state index is 12.0. The number of nitrogens with zero attached hydrogens (tertiary/aromatic N) is 4. The quantitative estimate of drug-likeness (QED) is 0.609. The van der Waals surface area contributed by atoms with Gasteiger partial charge in [0.2, 0.25) is 0 Å². The molecular formula is C20H27N5OS. The number of hydrogen-bond donors (Lipinski definition) is 1. The lowest BCUT2D eigenvalue weighted by Gasteiger charge is -2.33. The molecule has 1 amide bonds. The van der Waals surface area contributed by atoms with E-state index in [1.807, 2.05) is 38.1 Å². The van der Waals surface area contributed by atoms with E-state index in [2.05, 4.69) is 33.2 Å². The molecule has 0 aliphatic carbocycles. The molecule has 0 spiro atoms. The van der Waals surface area contributed by atoms with E-state index in [9.17, 15) is 4.79 Å². The molecule has 2 aromatic rings. The van der Waals surface area contributed by atoms with Gasteiger partial charge in [-0.3, -0.25) is 4.79 Å². The van der Waals surface area contributed by atoms with E-state index in [-0.39, 0.29) is 5.91 Å². The number of anilines is 1. The summed E-state index contributed by atoms with van der Waals surface area (Å²) in [5.74, 6) is 1.71. The van der Waals surface area contributed by atoms with Crippen molar-refractivity contribution in [3.05, 3.63) is 47.2 Å². The molecule has 1 fully saturated rings. The number of thioether (sulfide) groups is 1. The van der Waals surface area contributed by atoms with Gasteiger partial charge in [-0.2, -0.15) is 0 Å². The first-order chi connectivity index (χ1) is 13.0. The minimum atomic E-state index is -0.0338. The van der Waals surface area contributed by atoms with Gasteiger partial charge in [0, 0.05) is 55.8 Å². The fraction of sp³-hybridized carbons (Fsp3) is 0.450. The molecule has 6 nitrogen and oxygen atoms in total. The van der Waals surface area contributed by atoms with Crippen LogP contribution >= 0.6 is 11.8 Å². The van der Waals surface area contributed by atoms with Crippen LogP contribution in [0.25, 0.3) is 0 Å². The Morgan fingerprint density at radius 3 is 2.70 bits per heavy atom. The van der Waals surface area contributed by atoms with Crippen LogP contribution in [0.5, 0.6) is 0 Å². The normalized spacial score (nSPS) is 15.0. The number of likely N-dealkylation sites (N-methyl/N-ethyl adjacent to an activating group) is 1. The number of piperazine rings is 1. The highest BCUT2D eigenvalue weighted by Gasteiger charge is 2.16. The van der Waals surface area contributed by atoms with Crippen molar-refractivity contribution in [2.24, 2.45) is 0 Å². The zero-order chi connectivity index (χ0) is 19.2. The highest BCUT2D eigenvalue weighted by atomic mass is 32.2. The lowest BCUT2D eigenvalue weighted by atomic mass is 10.1. The molecule has 2 heterocycles. The molecule has 144 valence electrons. The number of nitrogens with one attached hydrogen (secondary N) is 1. The van der Waals surface area contributed by atoms with Gasteiger partial charge in [0.1, 0.15) is 5.82 Å². The summed E-state index contributed by atoms with van der Waals surface area (Å²) >= 11 is 1.61. The lowest BCUT2D eigenvalue weighted by molar-refractivity contribution is 0.0955. The molecule has 27 heavy (non-hydrogen) atoms. The third kappa shape index (κ3) is 5.43. The topological polar surface area (TPSA) is 61.4 Å². The summed E-state index contributed by atoms with van der Waals surface area (Å²) in [5.41, 5.74) is 2.77. The first-order valence-corrected chi connectivity index (χ1v) is 10.3. The molecule has 0 radical (unpaired) electrons. The molecular weight excluding hydrogens is 358 g/mol. The number of hydrogen-bond acceptors (Lipinski definition) is 6. The third-order valence-corrected chi connectivity index (χ3v) is 5.46. The molecule has 7 heteroatoms. The number of carbonyl (C=O) groups is 1. The van der Waals surface area contributed by atoms with E-state index in [1.54, 1.807) is 11.8 Å². The molecule has 3 rings (SSSR count). The van der Waals surface area contributed by atoms with Crippen molar-refractivity contribution < 1.29 is 4.79 Å². The Hall–Kier alpha value is -2.12. The Balaban J connectivity index is 1.67. The van der Waals surface area contributed by atoms with Crippen molar-refractivity contribution >= 4 is 23.5 Å². The van der Waals surface area contributed by atoms with Crippen molar-refractivity contribution in [3.8, 4) is 0 Å². The smallest absolute Gasteiger partial charge is 0.251 e. The molecule has 1 N–H and O–H groups in total. The fourth-order valence-corrected chi connectivity index (χ4v) is 3.84. The van der Waals surface area contributed by atoms with E-state index in [0.29, 0.717) is 12.1 Å². The summed E-state index contributed by atoms with van der Waals surface area (Å²) in [7, 11) is 2.15. The van der Waals surface area contributed by atoms with Crippen LogP contribution in [0.1, 0.15) is 28.5 Å². The van der Waals surface area contributed by atoms with Gasteiger partial charge in [-0.15, -0.1) is 0 Å². The van der Waals surface area contributed by atoms with Crippen molar-refractivity contribution in [3.63, 3.8) is 0 Å². The molecule has 1 aliphatic heterocycles. The molecule has 0 bridgehead atoms. The number of amides is 1. The second-order valence-electron chi connectivity index (χ2n) is 6.79. The minimum absolute atomic E-state index is 0.0338. The van der Waals surface area contributed by atoms with Gasteiger partial charge >= 0.3 is 0 Å². The van der Waals surface area contributed by atoms with Gasteiger partial charge < -0.3 is 15.1 Å². The Kier molecular flexibility index (Phi) is 6.68. The average molecular weight is 386 g/mol. The summed E-state index contributed by atoms with van der Waals surface area (Å²) in [6, 6.07) is 9.80. The summed E-state index contributed by atoms with van der Waals surface area (Å²) in [4.78, 5) is 26.0. The van der Waals surface area contributed by atoms with Crippen LogP contribution in [0.4, 0.5) is 5.82 Å². The van der Waals surface area contributed by atoms with Gasteiger partial charge in [-0.1, -0.05) is 23.9 Å². The predicted molar refractivity (Wildman–Crippen MR) is 110 cm³/mol. The second kappa shape index (κ2) is 9.19.